The van der Waals surface area contributed by atoms with Crippen LogP contribution in [0.5, 0.6) is 5.88 Å². The maximum atomic E-state index is 12.6. The van der Waals surface area contributed by atoms with Crippen LogP contribution in [0.25, 0.3) is 10.9 Å². The second-order valence-corrected chi connectivity index (χ2v) is 10.3. The molecule has 1 aliphatic heterocycles. The number of aromatic amines is 1. The number of carboxylic acids is 1. The van der Waals surface area contributed by atoms with Gasteiger partial charge in [0.1, 0.15) is 0 Å². The van der Waals surface area contributed by atoms with Crippen LogP contribution in [0.3, 0.4) is 0 Å². The number of H-pyrrole nitrogens is 1. The number of carbonyl (C=O) groups excluding carboxylic acids is 1. The molecule has 5 rings (SSSR count). The zero-order valence-corrected chi connectivity index (χ0v) is 23.0. The van der Waals surface area contributed by atoms with E-state index in [0.717, 1.165) is 31.6 Å². The van der Waals surface area contributed by atoms with Crippen LogP contribution in [0.4, 0.5) is 5.69 Å². The van der Waals surface area contributed by atoms with Crippen molar-refractivity contribution in [3.8, 4) is 5.88 Å². The monoisotopic (exact) mass is 555 g/mol. The van der Waals surface area contributed by atoms with Crippen molar-refractivity contribution in [1.82, 2.24) is 20.3 Å². The molecule has 3 aromatic carbocycles. The van der Waals surface area contributed by atoms with Crippen molar-refractivity contribution in [2.24, 2.45) is 4.99 Å². The first kappa shape index (κ1) is 28.0. The van der Waals surface area contributed by atoms with Crippen LogP contribution >= 0.6 is 0 Å². The molecule has 1 aromatic heterocycles. The third-order valence-electron chi connectivity index (χ3n) is 7.33. The molecule has 10 nitrogen and oxygen atoms in total. The Morgan fingerprint density at radius 1 is 1.05 bits per heavy atom. The van der Waals surface area contributed by atoms with Crippen LogP contribution in [-0.4, -0.2) is 89.0 Å². The summed E-state index contributed by atoms with van der Waals surface area (Å²) in [5.74, 6) is -1.52. The summed E-state index contributed by atoms with van der Waals surface area (Å²) >= 11 is 0. The SMILES string of the molecule is CN(C)C1CCN(CCONC(=O)c2ccc(N=C(c3ccccc3)c3c(O)[nH]c4cc(C(=O)O)ccc34)cc2)C1. The summed E-state index contributed by atoms with van der Waals surface area (Å²) in [6.45, 7) is 3.17. The summed E-state index contributed by atoms with van der Waals surface area (Å²) in [4.78, 5) is 41.7. The summed E-state index contributed by atoms with van der Waals surface area (Å²) in [5.41, 5.74) is 5.81. The number of carboxylic acid groups (broad SMARTS) is 1. The Labute approximate surface area is 237 Å². The lowest BCUT2D eigenvalue weighted by Crippen LogP contribution is -2.34. The van der Waals surface area contributed by atoms with Crippen molar-refractivity contribution >= 4 is 34.2 Å². The van der Waals surface area contributed by atoms with E-state index in [1.54, 1.807) is 30.3 Å². The van der Waals surface area contributed by atoms with Crippen molar-refractivity contribution in [2.75, 3.05) is 40.3 Å². The molecule has 1 fully saturated rings. The Kier molecular flexibility index (Phi) is 8.44. The summed E-state index contributed by atoms with van der Waals surface area (Å²) in [5, 5.41) is 20.8. The van der Waals surface area contributed by atoms with Crippen LogP contribution in [0.1, 0.15) is 38.3 Å². The maximum Gasteiger partial charge on any atom is 0.335 e. The highest BCUT2D eigenvalue weighted by Gasteiger charge is 2.23. The molecule has 1 unspecified atom stereocenters. The third-order valence-corrected chi connectivity index (χ3v) is 7.33. The minimum atomic E-state index is -1.06. The van der Waals surface area contributed by atoms with E-state index in [0.29, 0.717) is 46.1 Å². The highest BCUT2D eigenvalue weighted by Crippen LogP contribution is 2.32. The number of hydroxylamine groups is 1. The lowest BCUT2D eigenvalue weighted by molar-refractivity contribution is 0.0239. The zero-order valence-electron chi connectivity index (χ0n) is 23.0. The van der Waals surface area contributed by atoms with E-state index in [2.05, 4.69) is 34.4 Å². The van der Waals surface area contributed by atoms with Crippen LogP contribution in [-0.2, 0) is 4.84 Å². The van der Waals surface area contributed by atoms with Gasteiger partial charge < -0.3 is 20.1 Å². The first-order valence-corrected chi connectivity index (χ1v) is 13.4. The van der Waals surface area contributed by atoms with E-state index in [4.69, 9.17) is 9.83 Å². The fourth-order valence-electron chi connectivity index (χ4n) is 5.02. The number of nitrogens with zero attached hydrogens (tertiary/aromatic N) is 3. The lowest BCUT2D eigenvalue weighted by atomic mass is 10.00. The number of aromatic hydroxyl groups is 1. The van der Waals surface area contributed by atoms with E-state index in [1.807, 2.05) is 30.3 Å². The lowest BCUT2D eigenvalue weighted by Gasteiger charge is -2.20. The molecule has 1 saturated heterocycles. The number of aromatic carboxylic acids is 1. The smallest absolute Gasteiger partial charge is 0.335 e. The number of rotatable bonds is 10. The quantitative estimate of drug-likeness (QED) is 0.132. The average Bonchev–Trinajstić information content (AvgIpc) is 3.58. The molecule has 1 amide bonds. The predicted molar refractivity (Wildman–Crippen MR) is 157 cm³/mol. The van der Waals surface area contributed by atoms with Gasteiger partial charge in [-0.05, 0) is 63.5 Å². The van der Waals surface area contributed by atoms with Gasteiger partial charge in [0.2, 0.25) is 0 Å². The van der Waals surface area contributed by atoms with Gasteiger partial charge in [0.15, 0.2) is 5.88 Å². The molecule has 0 bridgehead atoms. The molecule has 1 atom stereocenters. The maximum absolute atomic E-state index is 12.6. The number of amides is 1. The highest BCUT2D eigenvalue weighted by atomic mass is 16.7. The molecule has 10 heteroatoms. The number of benzene rings is 3. The number of aliphatic imine (C=N–C) groups is 1. The largest absolute Gasteiger partial charge is 0.494 e. The van der Waals surface area contributed by atoms with Gasteiger partial charge >= 0.3 is 5.97 Å². The summed E-state index contributed by atoms with van der Waals surface area (Å²) in [6.07, 6.45) is 1.13. The average molecular weight is 556 g/mol. The van der Waals surface area contributed by atoms with Crippen LogP contribution in [0.2, 0.25) is 0 Å². The van der Waals surface area contributed by atoms with Gasteiger partial charge in [0, 0.05) is 41.2 Å². The van der Waals surface area contributed by atoms with Gasteiger partial charge in [-0.3, -0.25) is 14.5 Å². The Balaban J connectivity index is 1.31. The Morgan fingerprint density at radius 2 is 1.78 bits per heavy atom. The fourth-order valence-corrected chi connectivity index (χ4v) is 5.02. The molecular formula is C31H33N5O5. The number of fused-ring (bicyclic) bond motifs is 1. The van der Waals surface area contributed by atoms with E-state index in [-0.39, 0.29) is 17.4 Å². The van der Waals surface area contributed by atoms with E-state index >= 15 is 0 Å². The Bertz CT molecular complexity index is 1560. The number of aromatic nitrogens is 1. The van der Waals surface area contributed by atoms with Crippen molar-refractivity contribution < 1.29 is 24.6 Å². The normalized spacial score (nSPS) is 16.0. The van der Waals surface area contributed by atoms with Gasteiger partial charge in [-0.1, -0.05) is 36.4 Å². The molecule has 0 spiro atoms. The number of nitrogens with one attached hydrogen (secondary N) is 2. The number of hydrogen-bond acceptors (Lipinski definition) is 7. The summed E-state index contributed by atoms with van der Waals surface area (Å²) in [6, 6.07) is 21.3. The topological polar surface area (TPSA) is 130 Å². The third kappa shape index (κ3) is 6.46. The standard InChI is InChI=1S/C31H33N5O5/c1-35(2)24-14-15-36(19-24)16-17-41-34-29(37)21-8-11-23(12-9-21)32-28(20-6-4-3-5-7-20)27-25-13-10-22(31(39)40)18-26(25)33-30(27)38/h3-13,18,24,33,38H,14-17,19H2,1-2H3,(H,34,37)(H,39,40). The van der Waals surface area contributed by atoms with Crippen LogP contribution in [0.15, 0.2) is 77.8 Å². The van der Waals surface area contributed by atoms with Crippen molar-refractivity contribution in [3.63, 3.8) is 0 Å². The molecular weight excluding hydrogens is 522 g/mol. The molecule has 4 N–H and O–H groups in total. The van der Waals surface area contributed by atoms with Crippen molar-refractivity contribution in [3.05, 3.63) is 95.1 Å². The molecule has 2 heterocycles. The van der Waals surface area contributed by atoms with Gasteiger partial charge in [-0.15, -0.1) is 0 Å². The van der Waals surface area contributed by atoms with Crippen LogP contribution < -0.4 is 5.48 Å². The zero-order chi connectivity index (χ0) is 28.9. The predicted octanol–water partition coefficient (Wildman–Crippen LogP) is 4.04. The number of likely N-dealkylation sites (tertiary alicyclic amines) is 1. The summed E-state index contributed by atoms with van der Waals surface area (Å²) < 4.78 is 0. The van der Waals surface area contributed by atoms with E-state index in [9.17, 15) is 19.8 Å². The molecule has 0 aliphatic carbocycles. The molecule has 0 radical (unpaired) electrons. The highest BCUT2D eigenvalue weighted by molar-refractivity contribution is 6.22. The summed E-state index contributed by atoms with van der Waals surface area (Å²) in [7, 11) is 4.18. The van der Waals surface area contributed by atoms with Crippen LogP contribution in [0, 0.1) is 0 Å². The number of likely N-dealkylation sites (N-methyl/N-ethyl adjacent to an activating group) is 1. The first-order valence-electron chi connectivity index (χ1n) is 13.4. The fraction of sp³-hybridized carbons (Fsp3) is 0.258. The molecule has 41 heavy (non-hydrogen) atoms. The second kappa shape index (κ2) is 12.3. The number of hydrogen-bond donors (Lipinski definition) is 4. The molecule has 1 aliphatic rings. The number of carbonyl (C=O) groups is 2. The van der Waals surface area contributed by atoms with Crippen molar-refractivity contribution in [2.45, 2.75) is 12.5 Å². The van der Waals surface area contributed by atoms with Gasteiger partial charge in [0.25, 0.3) is 5.91 Å². The van der Waals surface area contributed by atoms with E-state index < -0.39 is 5.97 Å². The Hall–Kier alpha value is -4.51. The second-order valence-electron chi connectivity index (χ2n) is 10.3. The minimum absolute atomic E-state index is 0.107. The minimum Gasteiger partial charge on any atom is -0.494 e. The van der Waals surface area contributed by atoms with Crippen molar-refractivity contribution in [1.29, 1.82) is 0 Å². The first-order chi connectivity index (χ1) is 19.8. The van der Waals surface area contributed by atoms with Gasteiger partial charge in [-0.25, -0.2) is 15.3 Å². The molecule has 212 valence electrons. The van der Waals surface area contributed by atoms with Gasteiger partial charge in [0.05, 0.1) is 29.1 Å². The van der Waals surface area contributed by atoms with Gasteiger partial charge in [-0.2, -0.15) is 0 Å². The molecule has 4 aromatic rings. The Morgan fingerprint density at radius 3 is 2.46 bits per heavy atom. The van der Waals surface area contributed by atoms with E-state index in [1.165, 1.54) is 12.1 Å². The molecule has 0 saturated carbocycles.